The van der Waals surface area contributed by atoms with Crippen LogP contribution < -0.4 is 19.6 Å². The zero-order chi connectivity index (χ0) is 21.8. The van der Waals surface area contributed by atoms with E-state index in [9.17, 15) is 14.4 Å². The molecule has 0 fully saturated rings. The zero-order valence-corrected chi connectivity index (χ0v) is 16.9. The first-order chi connectivity index (χ1) is 14.3. The van der Waals surface area contributed by atoms with Crippen LogP contribution in [0.5, 0.6) is 17.2 Å². The normalized spacial score (nSPS) is 10.5. The summed E-state index contributed by atoms with van der Waals surface area (Å²) in [4.78, 5) is 36.4. The molecule has 8 nitrogen and oxygen atoms in total. The van der Waals surface area contributed by atoms with Gasteiger partial charge in [-0.05, 0) is 17.7 Å². The van der Waals surface area contributed by atoms with Gasteiger partial charge in [0.25, 0.3) is 0 Å². The van der Waals surface area contributed by atoms with Crippen LogP contribution in [-0.2, 0) is 20.9 Å². The lowest BCUT2D eigenvalue weighted by Crippen LogP contribution is -2.13. The molecule has 0 aliphatic heterocycles. The van der Waals surface area contributed by atoms with Gasteiger partial charge in [-0.1, -0.05) is 12.1 Å². The largest absolute Gasteiger partial charge is 0.497 e. The second kappa shape index (κ2) is 8.69. The molecule has 0 saturated carbocycles. The predicted molar refractivity (Wildman–Crippen MR) is 108 cm³/mol. The third kappa shape index (κ3) is 4.12. The molecule has 30 heavy (non-hydrogen) atoms. The fourth-order valence-electron chi connectivity index (χ4n) is 2.99. The SMILES string of the molecule is COc1ccc(-c2coc3cc(OC)c(COC(C)=O)c(OC(C)=O)c3c2=O)cc1. The highest BCUT2D eigenvalue weighted by Crippen LogP contribution is 2.37. The summed E-state index contributed by atoms with van der Waals surface area (Å²) in [5, 5.41) is 0.0430. The van der Waals surface area contributed by atoms with E-state index < -0.39 is 17.4 Å². The zero-order valence-electron chi connectivity index (χ0n) is 16.9. The van der Waals surface area contributed by atoms with Crippen LogP contribution in [0.15, 0.2) is 45.8 Å². The van der Waals surface area contributed by atoms with Gasteiger partial charge in [0.2, 0.25) is 5.43 Å². The van der Waals surface area contributed by atoms with Crippen LogP contribution in [0.25, 0.3) is 22.1 Å². The second-order valence-corrected chi connectivity index (χ2v) is 6.34. The molecule has 0 radical (unpaired) electrons. The average molecular weight is 412 g/mol. The molecule has 1 aromatic heterocycles. The topological polar surface area (TPSA) is 101 Å². The Kier molecular flexibility index (Phi) is 6.06. The minimum absolute atomic E-state index is 0.0430. The highest BCUT2D eigenvalue weighted by molar-refractivity contribution is 5.92. The van der Waals surface area contributed by atoms with E-state index in [-0.39, 0.29) is 40.2 Å². The Bertz CT molecular complexity index is 1160. The first-order valence-corrected chi connectivity index (χ1v) is 8.97. The van der Waals surface area contributed by atoms with E-state index in [1.165, 1.54) is 33.3 Å². The predicted octanol–water partition coefficient (Wildman–Crippen LogP) is 3.47. The molecule has 0 saturated heterocycles. The van der Waals surface area contributed by atoms with Gasteiger partial charge in [-0.2, -0.15) is 0 Å². The number of benzene rings is 2. The van der Waals surface area contributed by atoms with Crippen LogP contribution in [0.4, 0.5) is 0 Å². The fourth-order valence-corrected chi connectivity index (χ4v) is 2.99. The third-order valence-corrected chi connectivity index (χ3v) is 4.37. The van der Waals surface area contributed by atoms with Crippen molar-refractivity contribution in [3.63, 3.8) is 0 Å². The maximum Gasteiger partial charge on any atom is 0.308 e. The monoisotopic (exact) mass is 412 g/mol. The van der Waals surface area contributed by atoms with E-state index in [0.29, 0.717) is 11.3 Å². The van der Waals surface area contributed by atoms with Crippen molar-refractivity contribution in [2.45, 2.75) is 20.5 Å². The molecule has 0 aliphatic carbocycles. The fraction of sp³-hybridized carbons (Fsp3) is 0.227. The van der Waals surface area contributed by atoms with Gasteiger partial charge in [-0.3, -0.25) is 14.4 Å². The second-order valence-electron chi connectivity index (χ2n) is 6.34. The van der Waals surface area contributed by atoms with Gasteiger partial charge in [0.15, 0.2) is 5.75 Å². The van der Waals surface area contributed by atoms with Crippen molar-refractivity contribution in [3.05, 3.63) is 52.4 Å². The van der Waals surface area contributed by atoms with Gasteiger partial charge in [-0.15, -0.1) is 0 Å². The van der Waals surface area contributed by atoms with Crippen LogP contribution in [0.2, 0.25) is 0 Å². The molecule has 1 heterocycles. The molecule has 3 aromatic rings. The summed E-state index contributed by atoms with van der Waals surface area (Å²) < 4.78 is 26.6. The molecule has 156 valence electrons. The van der Waals surface area contributed by atoms with Crippen molar-refractivity contribution in [1.29, 1.82) is 0 Å². The first-order valence-electron chi connectivity index (χ1n) is 8.97. The number of fused-ring (bicyclic) bond motifs is 1. The van der Waals surface area contributed by atoms with Crippen molar-refractivity contribution in [1.82, 2.24) is 0 Å². The molecule has 0 spiro atoms. The van der Waals surface area contributed by atoms with Crippen LogP contribution in [0.3, 0.4) is 0 Å². The van der Waals surface area contributed by atoms with E-state index in [1.54, 1.807) is 31.4 Å². The van der Waals surface area contributed by atoms with Crippen molar-refractivity contribution < 1.29 is 33.0 Å². The van der Waals surface area contributed by atoms with Gasteiger partial charge in [0.1, 0.15) is 35.3 Å². The molecule has 0 unspecified atom stereocenters. The summed E-state index contributed by atoms with van der Waals surface area (Å²) >= 11 is 0. The van der Waals surface area contributed by atoms with Gasteiger partial charge in [0, 0.05) is 19.9 Å². The number of ether oxygens (including phenoxy) is 4. The molecule has 0 atom stereocenters. The molecule has 0 bridgehead atoms. The smallest absolute Gasteiger partial charge is 0.308 e. The standard InChI is InChI=1S/C22H20O8/c1-12(23)28-11-17-18(27-4)9-19-20(22(17)30-13(2)24)21(25)16(10-29-19)14-5-7-15(26-3)8-6-14/h5-10H,11H2,1-4H3. The summed E-state index contributed by atoms with van der Waals surface area (Å²) in [5.41, 5.74) is 0.857. The summed E-state index contributed by atoms with van der Waals surface area (Å²) in [6.45, 7) is 2.20. The molecule has 8 heteroatoms. The molecule has 2 aromatic carbocycles. The van der Waals surface area contributed by atoms with E-state index in [2.05, 4.69) is 0 Å². The Morgan fingerprint density at radius 2 is 1.70 bits per heavy atom. The maximum atomic E-state index is 13.3. The quantitative estimate of drug-likeness (QED) is 0.448. The van der Waals surface area contributed by atoms with Crippen molar-refractivity contribution >= 4 is 22.9 Å². The first kappa shape index (κ1) is 20.9. The number of hydrogen-bond donors (Lipinski definition) is 0. The van der Waals surface area contributed by atoms with Crippen molar-refractivity contribution in [2.75, 3.05) is 14.2 Å². The van der Waals surface area contributed by atoms with Gasteiger partial charge in [0.05, 0.1) is 25.3 Å². The Labute approximate surface area is 171 Å². The maximum absolute atomic E-state index is 13.3. The van der Waals surface area contributed by atoms with E-state index in [4.69, 9.17) is 23.4 Å². The van der Waals surface area contributed by atoms with Crippen molar-refractivity contribution in [2.24, 2.45) is 0 Å². The van der Waals surface area contributed by atoms with Crippen LogP contribution in [0.1, 0.15) is 19.4 Å². The van der Waals surface area contributed by atoms with E-state index in [1.807, 2.05) is 0 Å². The van der Waals surface area contributed by atoms with E-state index >= 15 is 0 Å². The van der Waals surface area contributed by atoms with Crippen LogP contribution in [-0.4, -0.2) is 26.2 Å². The Hall–Kier alpha value is -3.81. The van der Waals surface area contributed by atoms with Crippen LogP contribution >= 0.6 is 0 Å². The lowest BCUT2D eigenvalue weighted by Gasteiger charge is -2.16. The highest BCUT2D eigenvalue weighted by Gasteiger charge is 2.23. The molecular formula is C22H20O8. The number of carbonyl (C=O) groups excluding carboxylic acids is 2. The lowest BCUT2D eigenvalue weighted by molar-refractivity contribution is -0.142. The summed E-state index contributed by atoms with van der Waals surface area (Å²) in [6.07, 6.45) is 1.33. The van der Waals surface area contributed by atoms with E-state index in [0.717, 1.165) is 0 Å². The molecule has 3 rings (SSSR count). The molecule has 0 aliphatic rings. The average Bonchev–Trinajstić information content (AvgIpc) is 2.72. The number of hydrogen-bond acceptors (Lipinski definition) is 8. The number of esters is 2. The van der Waals surface area contributed by atoms with Gasteiger partial charge >= 0.3 is 11.9 Å². The summed E-state index contributed by atoms with van der Waals surface area (Å²) in [5.74, 6) is -0.367. The number of methoxy groups -OCH3 is 2. The highest BCUT2D eigenvalue weighted by atomic mass is 16.5. The Balaban J connectivity index is 2.29. The third-order valence-electron chi connectivity index (χ3n) is 4.37. The minimum atomic E-state index is -0.650. The Morgan fingerprint density at radius 1 is 1.00 bits per heavy atom. The van der Waals surface area contributed by atoms with Gasteiger partial charge in [-0.25, -0.2) is 0 Å². The summed E-state index contributed by atoms with van der Waals surface area (Å²) in [7, 11) is 2.95. The van der Waals surface area contributed by atoms with Crippen molar-refractivity contribution in [3.8, 4) is 28.4 Å². The van der Waals surface area contributed by atoms with Crippen LogP contribution in [0, 0.1) is 0 Å². The molecule has 0 amide bonds. The minimum Gasteiger partial charge on any atom is -0.497 e. The number of carbonyl (C=O) groups is 2. The number of rotatable bonds is 6. The summed E-state index contributed by atoms with van der Waals surface area (Å²) in [6, 6.07) is 8.34. The molecular weight excluding hydrogens is 392 g/mol. The molecule has 0 N–H and O–H groups in total. The lowest BCUT2D eigenvalue weighted by atomic mass is 10.0. The van der Waals surface area contributed by atoms with Gasteiger partial charge < -0.3 is 23.4 Å². The Morgan fingerprint density at radius 3 is 2.27 bits per heavy atom.